The van der Waals surface area contributed by atoms with Gasteiger partial charge < -0.3 is 14.6 Å². The van der Waals surface area contributed by atoms with Gasteiger partial charge in [-0.05, 0) is 61.1 Å². The maximum Gasteiger partial charge on any atom is 0.330 e. The molecule has 0 spiro atoms. The molecule has 0 bridgehead atoms. The zero-order valence-corrected chi connectivity index (χ0v) is 14.3. The van der Waals surface area contributed by atoms with Crippen LogP contribution in [-0.4, -0.2) is 24.3 Å². The van der Waals surface area contributed by atoms with Crippen molar-refractivity contribution in [2.75, 3.05) is 13.2 Å². The Kier molecular flexibility index (Phi) is 7.57. The van der Waals surface area contributed by atoms with Crippen LogP contribution in [0.1, 0.15) is 25.7 Å². The summed E-state index contributed by atoms with van der Waals surface area (Å²) in [5, 5.41) is 9.33. The minimum Gasteiger partial charge on any atom is -0.508 e. The van der Waals surface area contributed by atoms with E-state index in [0.717, 1.165) is 42.6 Å². The van der Waals surface area contributed by atoms with Gasteiger partial charge in [-0.2, -0.15) is 0 Å². The van der Waals surface area contributed by atoms with Crippen molar-refractivity contribution < 1.29 is 19.4 Å². The molecule has 0 atom stereocenters. The van der Waals surface area contributed by atoms with Crippen molar-refractivity contribution in [3.63, 3.8) is 0 Å². The first-order valence-corrected chi connectivity index (χ1v) is 8.50. The third-order valence-corrected chi connectivity index (χ3v) is 3.77. The number of aromatic hydroxyl groups is 1. The van der Waals surface area contributed by atoms with Crippen LogP contribution >= 0.6 is 0 Å². The van der Waals surface area contributed by atoms with Crippen LogP contribution < -0.4 is 4.74 Å². The number of benzene rings is 2. The molecular formula is C21H24O4. The van der Waals surface area contributed by atoms with E-state index >= 15 is 0 Å². The topological polar surface area (TPSA) is 55.8 Å². The molecule has 2 rings (SSSR count). The van der Waals surface area contributed by atoms with E-state index in [1.807, 2.05) is 36.4 Å². The Balaban J connectivity index is 1.62. The van der Waals surface area contributed by atoms with Gasteiger partial charge in [0.25, 0.3) is 0 Å². The fourth-order valence-electron chi connectivity index (χ4n) is 2.38. The van der Waals surface area contributed by atoms with Gasteiger partial charge in [0.05, 0.1) is 13.2 Å². The van der Waals surface area contributed by atoms with E-state index in [0.29, 0.717) is 13.2 Å². The lowest BCUT2D eigenvalue weighted by molar-refractivity contribution is -0.137. The van der Waals surface area contributed by atoms with E-state index in [2.05, 4.69) is 6.58 Å². The van der Waals surface area contributed by atoms with E-state index in [1.54, 1.807) is 12.1 Å². The Morgan fingerprint density at radius 2 is 1.44 bits per heavy atom. The number of unbranched alkanes of at least 4 members (excludes halogenated alkanes) is 3. The fraction of sp³-hybridized carbons (Fsp3) is 0.286. The standard InChI is InChI=1S/C21H24O4/c1-2-21(23)25-16-6-4-3-5-15-24-20-13-9-18(10-14-20)17-7-11-19(22)12-8-17/h2,7-14,22H,1,3-6,15-16H2. The highest BCUT2D eigenvalue weighted by Gasteiger charge is 2.00. The SMILES string of the molecule is C=CC(=O)OCCCCCCOc1ccc(-c2ccc(O)cc2)cc1. The molecule has 0 unspecified atom stereocenters. The minimum atomic E-state index is -0.362. The smallest absolute Gasteiger partial charge is 0.330 e. The Morgan fingerprint density at radius 1 is 0.880 bits per heavy atom. The number of hydrogen-bond acceptors (Lipinski definition) is 4. The molecule has 0 saturated carbocycles. The van der Waals surface area contributed by atoms with Gasteiger partial charge in [-0.3, -0.25) is 0 Å². The molecule has 2 aromatic rings. The molecule has 4 nitrogen and oxygen atoms in total. The summed E-state index contributed by atoms with van der Waals surface area (Å²) in [5.41, 5.74) is 2.14. The van der Waals surface area contributed by atoms with Crippen LogP contribution in [0.15, 0.2) is 61.2 Å². The highest BCUT2D eigenvalue weighted by Crippen LogP contribution is 2.24. The monoisotopic (exact) mass is 340 g/mol. The highest BCUT2D eigenvalue weighted by atomic mass is 16.5. The molecule has 0 aromatic heterocycles. The second-order valence-corrected chi connectivity index (χ2v) is 5.71. The van der Waals surface area contributed by atoms with Gasteiger partial charge >= 0.3 is 5.97 Å². The first-order valence-electron chi connectivity index (χ1n) is 8.50. The maximum atomic E-state index is 10.9. The number of hydrogen-bond donors (Lipinski definition) is 1. The molecule has 2 aromatic carbocycles. The van der Waals surface area contributed by atoms with Crippen molar-refractivity contribution in [2.45, 2.75) is 25.7 Å². The van der Waals surface area contributed by atoms with Gasteiger partial charge in [0.1, 0.15) is 11.5 Å². The van der Waals surface area contributed by atoms with E-state index in [1.165, 1.54) is 6.08 Å². The lowest BCUT2D eigenvalue weighted by Gasteiger charge is -2.08. The lowest BCUT2D eigenvalue weighted by atomic mass is 10.1. The zero-order valence-electron chi connectivity index (χ0n) is 14.3. The first kappa shape index (κ1) is 18.6. The molecule has 0 saturated heterocycles. The van der Waals surface area contributed by atoms with Crippen molar-refractivity contribution in [3.05, 3.63) is 61.2 Å². The minimum absolute atomic E-state index is 0.266. The van der Waals surface area contributed by atoms with E-state index in [-0.39, 0.29) is 11.7 Å². The van der Waals surface area contributed by atoms with Gasteiger partial charge in [0, 0.05) is 6.08 Å². The average Bonchev–Trinajstić information content (AvgIpc) is 2.65. The molecule has 0 heterocycles. The second-order valence-electron chi connectivity index (χ2n) is 5.71. The highest BCUT2D eigenvalue weighted by molar-refractivity contribution is 5.81. The average molecular weight is 340 g/mol. The number of phenols is 1. The van der Waals surface area contributed by atoms with Crippen LogP contribution in [0.2, 0.25) is 0 Å². The molecule has 4 heteroatoms. The quantitative estimate of drug-likeness (QED) is 0.386. The predicted octanol–water partition coefficient (Wildman–Crippen LogP) is 4.73. The van der Waals surface area contributed by atoms with Crippen molar-refractivity contribution in [2.24, 2.45) is 0 Å². The molecule has 132 valence electrons. The summed E-state index contributed by atoms with van der Waals surface area (Å²) in [5.74, 6) is 0.754. The van der Waals surface area contributed by atoms with Gasteiger partial charge in [-0.25, -0.2) is 4.79 Å². The number of rotatable bonds is 10. The molecule has 0 radical (unpaired) electrons. The predicted molar refractivity (Wildman–Crippen MR) is 98.7 cm³/mol. The molecule has 0 amide bonds. The maximum absolute atomic E-state index is 10.9. The number of carbonyl (C=O) groups is 1. The third-order valence-electron chi connectivity index (χ3n) is 3.77. The Morgan fingerprint density at radius 3 is 2.04 bits per heavy atom. The largest absolute Gasteiger partial charge is 0.508 e. The van der Waals surface area contributed by atoms with Crippen LogP contribution in [0, 0.1) is 0 Å². The third kappa shape index (κ3) is 6.71. The molecule has 1 N–H and O–H groups in total. The molecular weight excluding hydrogens is 316 g/mol. The Hall–Kier alpha value is -2.75. The van der Waals surface area contributed by atoms with Crippen LogP contribution in [0.3, 0.4) is 0 Å². The summed E-state index contributed by atoms with van der Waals surface area (Å²) in [6.45, 7) is 4.47. The first-order chi connectivity index (χ1) is 12.2. The van der Waals surface area contributed by atoms with Crippen LogP contribution in [-0.2, 0) is 9.53 Å². The number of carbonyl (C=O) groups excluding carboxylic acids is 1. The Bertz CT molecular complexity index is 659. The second kappa shape index (κ2) is 10.2. The van der Waals surface area contributed by atoms with Crippen LogP contribution in [0.25, 0.3) is 11.1 Å². The van der Waals surface area contributed by atoms with E-state index < -0.39 is 0 Å². The summed E-state index contributed by atoms with van der Waals surface area (Å²) < 4.78 is 10.7. The summed E-state index contributed by atoms with van der Waals surface area (Å²) in [7, 11) is 0. The fourth-order valence-corrected chi connectivity index (χ4v) is 2.38. The molecule has 0 aliphatic heterocycles. The van der Waals surface area contributed by atoms with Gasteiger partial charge in [0.2, 0.25) is 0 Å². The number of ether oxygens (including phenoxy) is 2. The van der Waals surface area contributed by atoms with Gasteiger partial charge in [-0.1, -0.05) is 30.8 Å². The number of esters is 1. The molecule has 0 aliphatic carbocycles. The number of phenolic OH excluding ortho intramolecular Hbond substituents is 1. The van der Waals surface area contributed by atoms with E-state index in [4.69, 9.17) is 9.47 Å². The van der Waals surface area contributed by atoms with Crippen molar-refractivity contribution in [1.29, 1.82) is 0 Å². The normalized spacial score (nSPS) is 10.2. The van der Waals surface area contributed by atoms with Crippen LogP contribution in [0.5, 0.6) is 11.5 Å². The van der Waals surface area contributed by atoms with Gasteiger partial charge in [-0.15, -0.1) is 0 Å². The van der Waals surface area contributed by atoms with Gasteiger partial charge in [0.15, 0.2) is 0 Å². The summed E-state index contributed by atoms with van der Waals surface area (Å²) in [6, 6.07) is 15.1. The molecule has 25 heavy (non-hydrogen) atoms. The van der Waals surface area contributed by atoms with Crippen molar-refractivity contribution in [3.8, 4) is 22.6 Å². The molecule has 0 fully saturated rings. The van der Waals surface area contributed by atoms with Crippen molar-refractivity contribution >= 4 is 5.97 Å². The summed E-state index contributed by atoms with van der Waals surface area (Å²) >= 11 is 0. The van der Waals surface area contributed by atoms with Crippen LogP contribution in [0.4, 0.5) is 0 Å². The van der Waals surface area contributed by atoms with E-state index in [9.17, 15) is 9.90 Å². The lowest BCUT2D eigenvalue weighted by Crippen LogP contribution is -2.02. The Labute approximate surface area is 148 Å². The van der Waals surface area contributed by atoms with Crippen molar-refractivity contribution in [1.82, 2.24) is 0 Å². The summed E-state index contributed by atoms with van der Waals surface area (Å²) in [4.78, 5) is 10.9. The zero-order chi connectivity index (χ0) is 17.9. The summed E-state index contributed by atoms with van der Waals surface area (Å²) in [6.07, 6.45) is 5.06. The molecule has 0 aliphatic rings.